The summed E-state index contributed by atoms with van der Waals surface area (Å²) in [5.74, 6) is -0.280. The molecule has 0 saturated carbocycles. The molecule has 0 unspecified atom stereocenters. The first-order valence-electron chi connectivity index (χ1n) is 7.39. The van der Waals surface area contributed by atoms with E-state index >= 15 is 0 Å². The summed E-state index contributed by atoms with van der Waals surface area (Å²) >= 11 is 1.64. The van der Waals surface area contributed by atoms with Gasteiger partial charge < -0.3 is 10.2 Å². The first-order chi connectivity index (χ1) is 10.7. The molecule has 0 spiro atoms. The van der Waals surface area contributed by atoms with E-state index in [0.29, 0.717) is 6.42 Å². The van der Waals surface area contributed by atoms with Gasteiger partial charge in [0.25, 0.3) is 0 Å². The number of aromatic nitrogens is 1. The number of carbonyl (C=O) groups is 1. The molecule has 2 aromatic rings. The number of carbonyl (C=O) groups excluding carboxylic acids is 1. The van der Waals surface area contributed by atoms with Gasteiger partial charge in [-0.1, -0.05) is 12.1 Å². The highest BCUT2D eigenvalue weighted by atomic mass is 32.1. The van der Waals surface area contributed by atoms with Crippen LogP contribution >= 0.6 is 11.3 Å². The smallest absolute Gasteiger partial charge is 0.224 e. The van der Waals surface area contributed by atoms with Gasteiger partial charge in [-0.25, -0.2) is 9.37 Å². The zero-order valence-corrected chi connectivity index (χ0v) is 13.0. The predicted molar refractivity (Wildman–Crippen MR) is 85.6 cm³/mol. The summed E-state index contributed by atoms with van der Waals surface area (Å²) in [5.41, 5.74) is 0.833. The topological polar surface area (TPSA) is 45.2 Å². The maximum absolute atomic E-state index is 12.8. The van der Waals surface area contributed by atoms with Crippen molar-refractivity contribution in [1.29, 1.82) is 0 Å². The standard InChI is InChI=1S/C16H18FN3OS/c17-13-3-1-12(2-4-13)11-15(21)19-14-5-8-20(9-6-14)16-18-7-10-22-16/h1-4,7,10,14H,5-6,8-9,11H2,(H,19,21). The highest BCUT2D eigenvalue weighted by Gasteiger charge is 2.21. The molecule has 1 aromatic heterocycles. The van der Waals surface area contributed by atoms with Crippen LogP contribution in [0.1, 0.15) is 18.4 Å². The number of thiazole rings is 1. The van der Waals surface area contributed by atoms with E-state index in [9.17, 15) is 9.18 Å². The van der Waals surface area contributed by atoms with E-state index in [1.807, 2.05) is 11.6 Å². The lowest BCUT2D eigenvalue weighted by molar-refractivity contribution is -0.121. The Hall–Kier alpha value is -1.95. The summed E-state index contributed by atoms with van der Waals surface area (Å²) in [5, 5.41) is 6.10. The number of hydrogen-bond donors (Lipinski definition) is 1. The molecule has 6 heteroatoms. The molecule has 1 saturated heterocycles. The van der Waals surface area contributed by atoms with Gasteiger partial charge in [-0.05, 0) is 30.5 Å². The van der Waals surface area contributed by atoms with E-state index in [1.54, 1.807) is 23.5 Å². The fourth-order valence-corrected chi connectivity index (χ4v) is 3.35. The molecule has 0 aliphatic carbocycles. The van der Waals surface area contributed by atoms with Gasteiger partial charge in [0, 0.05) is 30.7 Å². The highest BCUT2D eigenvalue weighted by molar-refractivity contribution is 7.13. The fourth-order valence-electron chi connectivity index (χ4n) is 2.65. The van der Waals surface area contributed by atoms with Crippen molar-refractivity contribution < 1.29 is 9.18 Å². The van der Waals surface area contributed by atoms with Crippen molar-refractivity contribution >= 4 is 22.4 Å². The van der Waals surface area contributed by atoms with Crippen LogP contribution in [0.2, 0.25) is 0 Å². The van der Waals surface area contributed by atoms with E-state index in [0.717, 1.165) is 36.6 Å². The first-order valence-corrected chi connectivity index (χ1v) is 8.27. The van der Waals surface area contributed by atoms with Crippen LogP contribution in [-0.2, 0) is 11.2 Å². The summed E-state index contributed by atoms with van der Waals surface area (Å²) in [6, 6.07) is 6.29. The Morgan fingerprint density at radius 2 is 2.05 bits per heavy atom. The molecule has 22 heavy (non-hydrogen) atoms. The summed E-state index contributed by atoms with van der Waals surface area (Å²) in [6.07, 6.45) is 3.97. The van der Waals surface area contributed by atoms with Crippen molar-refractivity contribution in [2.45, 2.75) is 25.3 Å². The van der Waals surface area contributed by atoms with Gasteiger partial charge in [-0.15, -0.1) is 11.3 Å². The normalized spacial score (nSPS) is 15.8. The summed E-state index contributed by atoms with van der Waals surface area (Å²) < 4.78 is 12.8. The molecule has 0 bridgehead atoms. The van der Waals surface area contributed by atoms with E-state index in [1.165, 1.54) is 12.1 Å². The summed E-state index contributed by atoms with van der Waals surface area (Å²) in [7, 11) is 0. The quantitative estimate of drug-likeness (QED) is 0.942. The number of rotatable bonds is 4. The van der Waals surface area contributed by atoms with E-state index in [-0.39, 0.29) is 17.8 Å². The molecule has 1 aromatic carbocycles. The Labute approximate surface area is 133 Å². The highest BCUT2D eigenvalue weighted by Crippen LogP contribution is 2.21. The van der Waals surface area contributed by atoms with Crippen LogP contribution in [0.25, 0.3) is 0 Å². The number of nitrogens with zero attached hydrogens (tertiary/aromatic N) is 2. The van der Waals surface area contributed by atoms with Crippen LogP contribution in [-0.4, -0.2) is 30.0 Å². The number of hydrogen-bond acceptors (Lipinski definition) is 4. The Kier molecular flexibility index (Phi) is 4.68. The fraction of sp³-hybridized carbons (Fsp3) is 0.375. The second kappa shape index (κ2) is 6.87. The van der Waals surface area contributed by atoms with Gasteiger partial charge in [0.05, 0.1) is 6.42 Å². The predicted octanol–water partition coefficient (Wildman–Crippen LogP) is 2.61. The van der Waals surface area contributed by atoms with E-state index < -0.39 is 0 Å². The average molecular weight is 319 g/mol. The molecule has 1 N–H and O–H groups in total. The van der Waals surface area contributed by atoms with Gasteiger partial charge >= 0.3 is 0 Å². The Morgan fingerprint density at radius 3 is 2.68 bits per heavy atom. The maximum Gasteiger partial charge on any atom is 0.224 e. The lowest BCUT2D eigenvalue weighted by Gasteiger charge is -2.32. The lowest BCUT2D eigenvalue weighted by atomic mass is 10.0. The maximum atomic E-state index is 12.8. The zero-order chi connectivity index (χ0) is 15.4. The van der Waals surface area contributed by atoms with Crippen molar-refractivity contribution in [2.24, 2.45) is 0 Å². The lowest BCUT2D eigenvalue weighted by Crippen LogP contribution is -2.45. The van der Waals surface area contributed by atoms with Crippen molar-refractivity contribution in [3.63, 3.8) is 0 Å². The molecule has 3 rings (SSSR count). The number of amides is 1. The first kappa shape index (κ1) is 15.0. The molecule has 1 aliphatic heterocycles. The molecule has 2 heterocycles. The van der Waals surface area contributed by atoms with Crippen LogP contribution in [0.3, 0.4) is 0 Å². The summed E-state index contributed by atoms with van der Waals surface area (Å²) in [4.78, 5) is 18.6. The SMILES string of the molecule is O=C(Cc1ccc(F)cc1)NC1CCN(c2nccs2)CC1. The number of anilines is 1. The van der Waals surface area contributed by atoms with E-state index in [4.69, 9.17) is 0 Å². The largest absolute Gasteiger partial charge is 0.353 e. The number of piperidine rings is 1. The second-order valence-corrected chi connectivity index (χ2v) is 6.32. The van der Waals surface area contributed by atoms with Gasteiger partial charge in [0.1, 0.15) is 5.82 Å². The van der Waals surface area contributed by atoms with Crippen molar-refractivity contribution in [3.05, 3.63) is 47.2 Å². The van der Waals surface area contributed by atoms with Gasteiger partial charge in [0.15, 0.2) is 5.13 Å². The van der Waals surface area contributed by atoms with Crippen molar-refractivity contribution in [1.82, 2.24) is 10.3 Å². The van der Waals surface area contributed by atoms with Crippen molar-refractivity contribution in [3.8, 4) is 0 Å². The third-order valence-electron chi connectivity index (χ3n) is 3.83. The molecular formula is C16H18FN3OS. The minimum absolute atomic E-state index is 0.000642. The van der Waals surface area contributed by atoms with E-state index in [2.05, 4.69) is 15.2 Å². The zero-order valence-electron chi connectivity index (χ0n) is 12.2. The Morgan fingerprint density at radius 1 is 1.32 bits per heavy atom. The molecular weight excluding hydrogens is 301 g/mol. The molecule has 1 amide bonds. The number of nitrogens with one attached hydrogen (secondary N) is 1. The molecule has 116 valence electrons. The van der Waals surface area contributed by atoms with Gasteiger partial charge in [-0.2, -0.15) is 0 Å². The third-order valence-corrected chi connectivity index (χ3v) is 4.66. The molecule has 1 fully saturated rings. The molecule has 0 radical (unpaired) electrons. The minimum Gasteiger partial charge on any atom is -0.353 e. The third kappa shape index (κ3) is 3.82. The Bertz CT molecular complexity index is 607. The minimum atomic E-state index is -0.279. The number of benzene rings is 1. The molecule has 1 aliphatic rings. The average Bonchev–Trinajstić information content (AvgIpc) is 3.05. The molecule has 4 nitrogen and oxygen atoms in total. The van der Waals surface area contributed by atoms with Crippen LogP contribution in [0.5, 0.6) is 0 Å². The van der Waals surface area contributed by atoms with Crippen molar-refractivity contribution in [2.75, 3.05) is 18.0 Å². The second-order valence-electron chi connectivity index (χ2n) is 5.45. The van der Waals surface area contributed by atoms with Gasteiger partial charge in [-0.3, -0.25) is 4.79 Å². The van der Waals surface area contributed by atoms with Gasteiger partial charge in [0.2, 0.25) is 5.91 Å². The van der Waals surface area contributed by atoms with Crippen LogP contribution in [0.4, 0.5) is 9.52 Å². The molecule has 0 atom stereocenters. The summed E-state index contributed by atoms with van der Waals surface area (Å²) in [6.45, 7) is 1.82. The monoisotopic (exact) mass is 319 g/mol. The van der Waals surface area contributed by atoms with Crippen LogP contribution in [0.15, 0.2) is 35.8 Å². The Balaban J connectivity index is 1.46. The number of halogens is 1. The van der Waals surface area contributed by atoms with Crippen LogP contribution < -0.4 is 10.2 Å². The van der Waals surface area contributed by atoms with Crippen LogP contribution in [0, 0.1) is 5.82 Å².